The van der Waals surface area contributed by atoms with Crippen molar-refractivity contribution >= 4 is 11.9 Å². The van der Waals surface area contributed by atoms with Crippen LogP contribution in [0, 0.1) is 12.7 Å². The first-order chi connectivity index (χ1) is 7.95. The zero-order valence-electron chi connectivity index (χ0n) is 9.74. The molecule has 0 aliphatic carbocycles. The number of halogens is 1. The molecule has 1 amide bonds. The summed E-state index contributed by atoms with van der Waals surface area (Å²) < 4.78 is 12.9. The number of nitrogens with zero attached hydrogens (tertiary/aromatic N) is 1. The van der Waals surface area contributed by atoms with E-state index in [0.717, 1.165) is 5.56 Å². The van der Waals surface area contributed by atoms with E-state index < -0.39 is 11.9 Å². The molecule has 17 heavy (non-hydrogen) atoms. The van der Waals surface area contributed by atoms with Crippen LogP contribution in [0.4, 0.5) is 4.39 Å². The normalized spacial score (nSPS) is 10.1. The van der Waals surface area contributed by atoms with Gasteiger partial charge in [0.15, 0.2) is 0 Å². The quantitative estimate of drug-likeness (QED) is 0.814. The second-order valence-electron chi connectivity index (χ2n) is 3.70. The third-order valence-corrected chi connectivity index (χ3v) is 2.52. The lowest BCUT2D eigenvalue weighted by atomic mass is 10.1. The molecule has 0 atom stereocenters. The van der Waals surface area contributed by atoms with Crippen molar-refractivity contribution in [1.29, 1.82) is 0 Å². The molecule has 1 N–H and O–H groups in total. The highest BCUT2D eigenvalue weighted by Gasteiger charge is 2.19. The summed E-state index contributed by atoms with van der Waals surface area (Å²) in [5.74, 6) is -2.78. The maximum atomic E-state index is 12.9. The predicted octanol–water partition coefficient (Wildman–Crippen LogP) is 1.57. The summed E-state index contributed by atoms with van der Waals surface area (Å²) in [5.41, 5.74) is 1.43. The van der Waals surface area contributed by atoms with E-state index in [1.165, 1.54) is 17.0 Å². The van der Waals surface area contributed by atoms with Gasteiger partial charge in [-0.3, -0.25) is 4.79 Å². The summed E-state index contributed by atoms with van der Waals surface area (Å²) in [7, 11) is 0. The minimum Gasteiger partial charge on any atom is -0.474 e. The van der Waals surface area contributed by atoms with Gasteiger partial charge in [-0.1, -0.05) is 6.07 Å². The number of rotatable bonds is 3. The van der Waals surface area contributed by atoms with Crippen LogP contribution in [0.15, 0.2) is 18.2 Å². The van der Waals surface area contributed by atoms with Crippen LogP contribution in [-0.2, 0) is 16.1 Å². The van der Waals surface area contributed by atoms with Crippen LogP contribution >= 0.6 is 0 Å². The molecule has 1 rings (SSSR count). The summed E-state index contributed by atoms with van der Waals surface area (Å²) in [4.78, 5) is 23.1. The Balaban J connectivity index is 2.88. The lowest BCUT2D eigenvalue weighted by molar-refractivity contribution is -0.156. The van der Waals surface area contributed by atoms with Crippen molar-refractivity contribution in [2.24, 2.45) is 0 Å². The number of benzene rings is 1. The zero-order chi connectivity index (χ0) is 13.0. The van der Waals surface area contributed by atoms with Crippen LogP contribution < -0.4 is 0 Å². The molecule has 0 aliphatic heterocycles. The first-order valence-corrected chi connectivity index (χ1v) is 5.23. The standard InChI is InChI=1S/C12H14FNO3/c1-3-14(11(15)12(16)17)7-9-4-5-10(13)6-8(9)2/h4-6H,3,7H2,1-2H3,(H,16,17). The lowest BCUT2D eigenvalue weighted by Gasteiger charge is -2.19. The molecule has 4 nitrogen and oxygen atoms in total. The second-order valence-corrected chi connectivity index (χ2v) is 3.70. The van der Waals surface area contributed by atoms with E-state index in [1.807, 2.05) is 0 Å². The summed E-state index contributed by atoms with van der Waals surface area (Å²) >= 11 is 0. The Morgan fingerprint density at radius 3 is 2.53 bits per heavy atom. The fourth-order valence-electron chi connectivity index (χ4n) is 1.50. The number of carboxylic acids is 1. The highest BCUT2D eigenvalue weighted by Crippen LogP contribution is 2.12. The van der Waals surface area contributed by atoms with Crippen LogP contribution in [0.5, 0.6) is 0 Å². The SMILES string of the molecule is CCN(Cc1ccc(F)cc1C)C(=O)C(=O)O. The summed E-state index contributed by atoms with van der Waals surface area (Å²) in [6.45, 7) is 3.88. The van der Waals surface area contributed by atoms with Gasteiger partial charge in [-0.2, -0.15) is 0 Å². The van der Waals surface area contributed by atoms with E-state index in [2.05, 4.69) is 0 Å². The molecule has 5 heteroatoms. The minimum absolute atomic E-state index is 0.174. The van der Waals surface area contributed by atoms with Crippen LogP contribution in [-0.4, -0.2) is 28.4 Å². The molecule has 1 aromatic rings. The van der Waals surface area contributed by atoms with Gasteiger partial charge in [0, 0.05) is 13.1 Å². The van der Waals surface area contributed by atoms with E-state index in [9.17, 15) is 14.0 Å². The lowest BCUT2D eigenvalue weighted by Crippen LogP contribution is -2.35. The van der Waals surface area contributed by atoms with E-state index in [1.54, 1.807) is 19.9 Å². The number of hydrogen-bond acceptors (Lipinski definition) is 2. The molecule has 0 heterocycles. The molecule has 0 spiro atoms. The van der Waals surface area contributed by atoms with Crippen LogP contribution in [0.25, 0.3) is 0 Å². The number of aryl methyl sites for hydroxylation is 1. The maximum absolute atomic E-state index is 12.9. The van der Waals surface area contributed by atoms with Gasteiger partial charge in [-0.15, -0.1) is 0 Å². The van der Waals surface area contributed by atoms with Crippen molar-refractivity contribution in [3.63, 3.8) is 0 Å². The Morgan fingerprint density at radius 1 is 1.41 bits per heavy atom. The molecule has 0 fully saturated rings. The Bertz CT molecular complexity index is 445. The number of carbonyl (C=O) groups excluding carboxylic acids is 1. The molecule has 0 radical (unpaired) electrons. The molecule has 0 saturated heterocycles. The van der Waals surface area contributed by atoms with Gasteiger partial charge in [-0.05, 0) is 37.1 Å². The van der Waals surface area contributed by atoms with Gasteiger partial charge in [-0.25, -0.2) is 9.18 Å². The van der Waals surface area contributed by atoms with Crippen molar-refractivity contribution in [3.8, 4) is 0 Å². The monoisotopic (exact) mass is 239 g/mol. The largest absolute Gasteiger partial charge is 0.474 e. The van der Waals surface area contributed by atoms with Gasteiger partial charge >= 0.3 is 11.9 Å². The zero-order valence-corrected chi connectivity index (χ0v) is 9.74. The fourth-order valence-corrected chi connectivity index (χ4v) is 1.50. The number of amides is 1. The van der Waals surface area contributed by atoms with Gasteiger partial charge in [0.2, 0.25) is 0 Å². The highest BCUT2D eigenvalue weighted by molar-refractivity contribution is 6.31. The van der Waals surface area contributed by atoms with Crippen molar-refractivity contribution in [2.45, 2.75) is 20.4 Å². The van der Waals surface area contributed by atoms with Gasteiger partial charge < -0.3 is 10.0 Å². The van der Waals surface area contributed by atoms with Crippen LogP contribution in [0.2, 0.25) is 0 Å². The average Bonchev–Trinajstić information content (AvgIpc) is 2.27. The number of carbonyl (C=O) groups is 2. The molecule has 0 saturated carbocycles. The number of likely N-dealkylation sites (N-methyl/N-ethyl adjacent to an activating group) is 1. The number of carboxylic acid groups (broad SMARTS) is 1. The number of hydrogen-bond donors (Lipinski definition) is 1. The van der Waals surface area contributed by atoms with Crippen molar-refractivity contribution in [1.82, 2.24) is 4.90 Å². The van der Waals surface area contributed by atoms with E-state index in [4.69, 9.17) is 5.11 Å². The summed E-state index contributed by atoms with van der Waals surface area (Å²) in [6, 6.07) is 4.21. The summed E-state index contributed by atoms with van der Waals surface area (Å²) in [5, 5.41) is 8.62. The van der Waals surface area contributed by atoms with E-state index in [0.29, 0.717) is 12.1 Å². The van der Waals surface area contributed by atoms with Crippen molar-refractivity contribution < 1.29 is 19.1 Å². The Kier molecular flexibility index (Phi) is 4.20. The molecule has 92 valence electrons. The Morgan fingerprint density at radius 2 is 2.06 bits per heavy atom. The topological polar surface area (TPSA) is 57.6 Å². The Labute approximate surface area is 98.7 Å². The Hall–Kier alpha value is -1.91. The predicted molar refractivity (Wildman–Crippen MR) is 59.9 cm³/mol. The average molecular weight is 239 g/mol. The van der Waals surface area contributed by atoms with Crippen molar-refractivity contribution in [3.05, 3.63) is 35.1 Å². The third-order valence-electron chi connectivity index (χ3n) is 2.52. The molecular weight excluding hydrogens is 225 g/mol. The van der Waals surface area contributed by atoms with Gasteiger partial charge in [0.05, 0.1) is 0 Å². The van der Waals surface area contributed by atoms with E-state index in [-0.39, 0.29) is 12.4 Å². The molecule has 0 unspecified atom stereocenters. The first kappa shape index (κ1) is 13.2. The van der Waals surface area contributed by atoms with E-state index >= 15 is 0 Å². The molecule has 1 aromatic carbocycles. The maximum Gasteiger partial charge on any atom is 0.394 e. The first-order valence-electron chi connectivity index (χ1n) is 5.23. The molecular formula is C12H14FNO3. The fraction of sp³-hybridized carbons (Fsp3) is 0.333. The second kappa shape index (κ2) is 5.43. The molecule has 0 aromatic heterocycles. The van der Waals surface area contributed by atoms with Gasteiger partial charge in [0.1, 0.15) is 5.82 Å². The van der Waals surface area contributed by atoms with Crippen LogP contribution in [0.3, 0.4) is 0 Å². The van der Waals surface area contributed by atoms with Crippen LogP contribution in [0.1, 0.15) is 18.1 Å². The smallest absolute Gasteiger partial charge is 0.394 e. The highest BCUT2D eigenvalue weighted by atomic mass is 19.1. The summed E-state index contributed by atoms with van der Waals surface area (Å²) in [6.07, 6.45) is 0. The third kappa shape index (κ3) is 3.27. The molecule has 0 aliphatic rings. The molecule has 0 bridgehead atoms. The van der Waals surface area contributed by atoms with Gasteiger partial charge in [0.25, 0.3) is 0 Å². The minimum atomic E-state index is -1.48. The van der Waals surface area contributed by atoms with Crippen molar-refractivity contribution in [2.75, 3.05) is 6.54 Å². The number of aliphatic carboxylic acids is 1.